The van der Waals surface area contributed by atoms with E-state index in [0.717, 1.165) is 0 Å². The molecule has 4 nitrogen and oxygen atoms in total. The molecule has 0 amide bonds. The Labute approximate surface area is 109 Å². The fourth-order valence-electron chi connectivity index (χ4n) is 1.02. The van der Waals surface area contributed by atoms with Gasteiger partial charge in [0.15, 0.2) is 0 Å². The van der Waals surface area contributed by atoms with E-state index in [1.165, 1.54) is 24.3 Å². The molecule has 0 aromatic heterocycles. The van der Waals surface area contributed by atoms with Gasteiger partial charge in [0.2, 0.25) is 0 Å². The van der Waals surface area contributed by atoms with Crippen LogP contribution in [0.25, 0.3) is 0 Å². The van der Waals surface area contributed by atoms with E-state index in [9.17, 15) is 19.8 Å². The number of hydrogen-bond acceptors (Lipinski definition) is 4. The second-order valence-electron chi connectivity index (χ2n) is 2.92. The number of aromatic carboxylic acids is 2. The summed E-state index contributed by atoms with van der Waals surface area (Å²) >= 11 is 0. The first kappa shape index (κ1) is 15.2. The van der Waals surface area contributed by atoms with Crippen LogP contribution in [0.2, 0.25) is 0 Å². The van der Waals surface area contributed by atoms with Crippen LogP contribution < -0.4 is 10.2 Å². The molecule has 0 aliphatic carbocycles. The molecule has 17 heavy (non-hydrogen) atoms. The van der Waals surface area contributed by atoms with E-state index in [-0.39, 0.29) is 28.2 Å². The summed E-state index contributed by atoms with van der Waals surface area (Å²) in [6.45, 7) is 0. The molecule has 0 saturated heterocycles. The molecule has 0 heterocycles. The Kier molecular flexibility index (Phi) is 6.63. The topological polar surface area (TPSA) is 80.3 Å². The average molecular weight is 272 g/mol. The summed E-state index contributed by atoms with van der Waals surface area (Å²) in [6, 6.07) is 12.6. The molecule has 5 heteroatoms. The van der Waals surface area contributed by atoms with Gasteiger partial charge in [-0.05, 0) is 0 Å². The van der Waals surface area contributed by atoms with Crippen molar-refractivity contribution in [3.05, 3.63) is 59.7 Å². The van der Waals surface area contributed by atoms with E-state index in [1.807, 2.05) is 0 Å². The van der Waals surface area contributed by atoms with Gasteiger partial charge in [-0.15, -0.1) is 11.1 Å². The van der Waals surface area contributed by atoms with Crippen LogP contribution in [0.15, 0.2) is 48.5 Å². The monoisotopic (exact) mass is 272 g/mol. The molecule has 0 spiro atoms. The van der Waals surface area contributed by atoms with Gasteiger partial charge in [-0.1, -0.05) is 0 Å². The van der Waals surface area contributed by atoms with Gasteiger partial charge in [-0.3, -0.25) is 0 Å². The molecule has 0 aliphatic rings. The Hall–Kier alpha value is -1.84. The minimum atomic E-state index is -1.12. The van der Waals surface area contributed by atoms with Crippen LogP contribution in [0.1, 0.15) is 20.7 Å². The quantitative estimate of drug-likeness (QED) is 0.547. The van der Waals surface area contributed by atoms with Gasteiger partial charge in [0, 0.05) is 29.0 Å². The first-order chi connectivity index (χ1) is 7.61. The van der Waals surface area contributed by atoms with E-state index in [0.29, 0.717) is 0 Å². The molecule has 2 rings (SSSR count). The maximum atomic E-state index is 9.95. The maximum absolute atomic E-state index is 9.95. The second-order valence-corrected chi connectivity index (χ2v) is 2.92. The predicted molar refractivity (Wildman–Crippen MR) is 52.7 cm³/mol. The van der Waals surface area contributed by atoms with Crippen molar-refractivity contribution in [2.24, 2.45) is 0 Å². The molecule has 2 aromatic rings. The Bertz CT molecular complexity index is 399. The fourth-order valence-corrected chi connectivity index (χ4v) is 1.02. The summed E-state index contributed by atoms with van der Waals surface area (Å²) in [6.07, 6.45) is 0. The van der Waals surface area contributed by atoms with E-state index in [2.05, 4.69) is 0 Å². The van der Waals surface area contributed by atoms with Crippen LogP contribution in [0.5, 0.6) is 0 Å². The van der Waals surface area contributed by atoms with Crippen LogP contribution in [0.4, 0.5) is 0 Å². The van der Waals surface area contributed by atoms with Crippen LogP contribution >= 0.6 is 0 Å². The van der Waals surface area contributed by atoms with Gasteiger partial charge in [0.25, 0.3) is 0 Å². The van der Waals surface area contributed by atoms with Crippen molar-refractivity contribution in [3.63, 3.8) is 0 Å². The molecule has 0 saturated carbocycles. The summed E-state index contributed by atoms with van der Waals surface area (Å²) in [5.74, 6) is -2.23. The third kappa shape index (κ3) is 5.15. The smallest absolute Gasteiger partial charge is 0.0154 e. The first-order valence-electron chi connectivity index (χ1n) is 4.47. The molecule has 92 valence electrons. The van der Waals surface area contributed by atoms with E-state index < -0.39 is 11.9 Å². The molecular weight excluding hydrogens is 264 g/mol. The van der Waals surface area contributed by atoms with Crippen molar-refractivity contribution >= 4 is 11.9 Å². The number of carbonyl (C=O) groups excluding carboxylic acids is 2. The van der Waals surface area contributed by atoms with Crippen molar-refractivity contribution in [2.45, 2.75) is 0 Å². The number of carboxylic acids is 2. The van der Waals surface area contributed by atoms with Crippen molar-refractivity contribution in [2.75, 3.05) is 0 Å². The zero-order valence-corrected chi connectivity index (χ0v) is 9.71. The van der Waals surface area contributed by atoms with Gasteiger partial charge >= 0.3 is 0 Å². The normalized spacial score (nSPS) is 8.47. The average Bonchev–Trinajstić information content (AvgIpc) is 2.93. The predicted octanol–water partition coefficient (Wildman–Crippen LogP) is -0.465. The summed E-state index contributed by atoms with van der Waals surface area (Å²) in [7, 11) is 0. The first-order valence-corrected chi connectivity index (χ1v) is 4.47. The van der Waals surface area contributed by atoms with Crippen LogP contribution in [-0.4, -0.2) is 11.9 Å². The Morgan fingerprint density at radius 3 is 1.06 bits per heavy atom. The van der Waals surface area contributed by atoms with Crippen molar-refractivity contribution in [1.29, 1.82) is 0 Å². The molecule has 0 bridgehead atoms. The number of rotatable bonds is 2. The molecule has 2 aromatic carbocycles. The van der Waals surface area contributed by atoms with Gasteiger partial charge in [-0.2, -0.15) is 24.3 Å². The Morgan fingerprint density at radius 1 is 0.706 bits per heavy atom. The third-order valence-corrected chi connectivity index (χ3v) is 1.80. The van der Waals surface area contributed by atoms with Gasteiger partial charge in [0.05, 0.1) is 0 Å². The summed E-state index contributed by atoms with van der Waals surface area (Å²) in [4.78, 5) is 19.9. The van der Waals surface area contributed by atoms with Gasteiger partial charge < -0.3 is 19.8 Å². The zero-order chi connectivity index (χ0) is 12.0. The minimum absolute atomic E-state index is 0. The van der Waals surface area contributed by atoms with Crippen LogP contribution in [0.3, 0.4) is 0 Å². The van der Waals surface area contributed by atoms with Crippen molar-refractivity contribution in [3.8, 4) is 0 Å². The SMILES string of the molecule is O=C([O-])[c-]1cccc1.O=C([O-])[c-]1cccc1.[Fe]. The summed E-state index contributed by atoms with van der Waals surface area (Å²) in [5.41, 5.74) is 0.481. The maximum Gasteiger partial charge on any atom is 0.0154 e. The van der Waals surface area contributed by atoms with Crippen LogP contribution in [0, 0.1) is 0 Å². The number of carboxylic acid groups (broad SMARTS) is 2. The van der Waals surface area contributed by atoms with Crippen molar-refractivity contribution < 1.29 is 36.9 Å². The molecule has 0 unspecified atom stereocenters. The molecule has 0 fully saturated rings. The Morgan fingerprint density at radius 2 is 0.941 bits per heavy atom. The van der Waals surface area contributed by atoms with E-state index >= 15 is 0 Å². The van der Waals surface area contributed by atoms with Gasteiger partial charge in [0.1, 0.15) is 0 Å². The van der Waals surface area contributed by atoms with Crippen molar-refractivity contribution in [1.82, 2.24) is 0 Å². The van der Waals surface area contributed by atoms with Gasteiger partial charge in [-0.25, -0.2) is 24.3 Å². The molecular formula is C12H8FeO4-4. The second kappa shape index (κ2) is 7.44. The molecule has 0 N–H and O–H groups in total. The fraction of sp³-hybridized carbons (Fsp3) is 0. The standard InChI is InChI=1S/2C6H5O2.Fe/c2*7-6(8)5-3-1-2-4-5;/h2*1-4H,(H,7,8);/q2*-1;/p-2. The molecule has 0 radical (unpaired) electrons. The number of hydrogen-bond donors (Lipinski definition) is 0. The van der Waals surface area contributed by atoms with Crippen LogP contribution in [-0.2, 0) is 17.1 Å². The molecule has 0 atom stereocenters. The molecule has 0 aliphatic heterocycles. The summed E-state index contributed by atoms with van der Waals surface area (Å²) < 4.78 is 0. The summed E-state index contributed by atoms with van der Waals surface area (Å²) in [5, 5.41) is 19.9. The third-order valence-electron chi connectivity index (χ3n) is 1.80. The van der Waals surface area contributed by atoms with E-state index in [1.54, 1.807) is 24.3 Å². The Balaban J connectivity index is 0.000000284. The number of carbonyl (C=O) groups is 2. The van der Waals surface area contributed by atoms with E-state index in [4.69, 9.17) is 0 Å². The largest absolute Gasteiger partial charge is 0.559 e. The zero-order valence-electron chi connectivity index (χ0n) is 8.61. The minimum Gasteiger partial charge on any atom is -0.559 e.